The first-order chi connectivity index (χ1) is 17.6. The zero-order valence-corrected chi connectivity index (χ0v) is 22.1. The molecule has 0 amide bonds. The Hall–Kier alpha value is -3.75. The Labute approximate surface area is 220 Å². The molecule has 1 aliphatic rings. The van der Waals surface area contributed by atoms with Gasteiger partial charge in [-0.15, -0.1) is 5.16 Å². The van der Waals surface area contributed by atoms with Gasteiger partial charge in [0.05, 0.1) is 23.2 Å². The molecule has 0 saturated carbocycles. The average Bonchev–Trinajstić information content (AvgIpc) is 2.86. The van der Waals surface area contributed by atoms with E-state index < -0.39 is 7.12 Å². The van der Waals surface area contributed by atoms with Crippen molar-refractivity contribution in [3.63, 3.8) is 0 Å². The van der Waals surface area contributed by atoms with Crippen molar-refractivity contribution in [2.24, 2.45) is 5.16 Å². The molecule has 0 unspecified atom stereocenters. The lowest BCUT2D eigenvalue weighted by Gasteiger charge is -2.22. The van der Waals surface area contributed by atoms with Gasteiger partial charge < -0.3 is 24.4 Å². The number of hydrogen-bond donors (Lipinski definition) is 2. The van der Waals surface area contributed by atoms with Crippen LogP contribution in [0.25, 0.3) is 22.1 Å². The van der Waals surface area contributed by atoms with Crippen LogP contribution in [0.1, 0.15) is 35.2 Å². The van der Waals surface area contributed by atoms with Crippen molar-refractivity contribution in [2.75, 3.05) is 24.3 Å². The minimum Gasteiger partial charge on any atom is -0.440 e. The summed E-state index contributed by atoms with van der Waals surface area (Å²) >= 11 is 6.40. The van der Waals surface area contributed by atoms with E-state index in [0.717, 1.165) is 33.5 Å². The van der Waals surface area contributed by atoms with Gasteiger partial charge in [-0.3, -0.25) is 4.79 Å². The normalized spacial score (nSPS) is 13.3. The summed E-state index contributed by atoms with van der Waals surface area (Å²) in [5.41, 5.74) is 7.06. The largest absolute Gasteiger partial charge is 0.583 e. The number of benzene rings is 3. The van der Waals surface area contributed by atoms with Gasteiger partial charge in [0.2, 0.25) is 5.88 Å². The molecule has 0 bridgehead atoms. The molecule has 0 radical (unpaired) electrons. The zero-order chi connectivity index (χ0) is 26.4. The van der Waals surface area contributed by atoms with E-state index in [2.05, 4.69) is 10.5 Å². The molecule has 5 rings (SSSR count). The van der Waals surface area contributed by atoms with Crippen LogP contribution >= 0.6 is 11.6 Å². The van der Waals surface area contributed by atoms with Crippen molar-refractivity contribution in [3.8, 4) is 11.1 Å². The first kappa shape index (κ1) is 24.9. The van der Waals surface area contributed by atoms with Gasteiger partial charge in [0.15, 0.2) is 5.43 Å². The number of oxime groups is 1. The van der Waals surface area contributed by atoms with E-state index >= 15 is 0 Å². The van der Waals surface area contributed by atoms with Crippen LogP contribution in [-0.4, -0.2) is 32.5 Å². The summed E-state index contributed by atoms with van der Waals surface area (Å²) in [6.45, 7) is 5.80. The summed E-state index contributed by atoms with van der Waals surface area (Å²) in [4.78, 5) is 15.0. The number of fused-ring (bicyclic) bond motifs is 2. The van der Waals surface area contributed by atoms with Crippen molar-refractivity contribution in [2.45, 2.75) is 26.8 Å². The third-order valence-corrected chi connectivity index (χ3v) is 6.84. The molecular formula is C28H27BClN3O4. The predicted octanol–water partition coefficient (Wildman–Crippen LogP) is 5.02. The molecule has 37 heavy (non-hydrogen) atoms. The van der Waals surface area contributed by atoms with Crippen molar-refractivity contribution < 1.29 is 14.2 Å². The molecule has 0 fully saturated rings. The van der Waals surface area contributed by atoms with E-state index in [1.807, 2.05) is 81.4 Å². The second kappa shape index (κ2) is 9.61. The fourth-order valence-electron chi connectivity index (χ4n) is 4.78. The van der Waals surface area contributed by atoms with Gasteiger partial charge in [-0.05, 0) is 67.8 Å². The Morgan fingerprint density at radius 2 is 1.89 bits per heavy atom. The van der Waals surface area contributed by atoms with Crippen LogP contribution in [0, 0.1) is 13.8 Å². The van der Waals surface area contributed by atoms with E-state index in [9.17, 15) is 9.82 Å². The third-order valence-electron chi connectivity index (χ3n) is 6.61. The van der Waals surface area contributed by atoms with Crippen LogP contribution in [0.5, 0.6) is 0 Å². The fraction of sp³-hybridized carbons (Fsp3) is 0.214. The summed E-state index contributed by atoms with van der Waals surface area (Å²) in [6, 6.07) is 15.1. The third kappa shape index (κ3) is 4.58. The topological polar surface area (TPSA) is 87.3 Å². The molecule has 1 atom stereocenters. The molecule has 4 aromatic rings. The highest BCUT2D eigenvalue weighted by atomic mass is 35.5. The Morgan fingerprint density at radius 3 is 2.65 bits per heavy atom. The highest BCUT2D eigenvalue weighted by Gasteiger charge is 2.26. The van der Waals surface area contributed by atoms with Crippen molar-refractivity contribution in [1.82, 2.24) is 0 Å². The summed E-state index contributed by atoms with van der Waals surface area (Å²) < 4.78 is 11.2. The SMILES string of the molecule is Cc1cc([C@@H](C)Nc2ccc(Cl)cc2-c2ccc3c(c2)C=NOB3O)c2oc(N(C)C)c(C)c(=O)c2c1. The standard InChI is InChI=1S/C28H27BClN3O4/c1-15-10-21(27-23(11-15)26(34)16(2)28(36-27)33(4)5)17(3)32-25-9-7-20(30)13-22(25)18-6-8-24-19(12-18)14-31-37-29(24)35/h6-14,17,32,35H,1-5H3/t17-/m1/s1. The smallest absolute Gasteiger partial charge is 0.440 e. The number of anilines is 2. The van der Waals surface area contributed by atoms with Crippen LogP contribution in [0.4, 0.5) is 11.6 Å². The molecule has 2 heterocycles. The molecular weight excluding hydrogens is 489 g/mol. The molecule has 0 saturated heterocycles. The quantitative estimate of drug-likeness (QED) is 0.363. The van der Waals surface area contributed by atoms with Crippen LogP contribution in [0.3, 0.4) is 0 Å². The molecule has 0 spiro atoms. The van der Waals surface area contributed by atoms with Crippen molar-refractivity contribution in [1.29, 1.82) is 0 Å². The minimum atomic E-state index is -1.09. The maximum atomic E-state index is 13.2. The van der Waals surface area contributed by atoms with Crippen LogP contribution in [0.15, 0.2) is 62.9 Å². The zero-order valence-electron chi connectivity index (χ0n) is 21.3. The number of nitrogens with one attached hydrogen (secondary N) is 1. The Balaban J connectivity index is 1.60. The van der Waals surface area contributed by atoms with Gasteiger partial charge in [0.25, 0.3) is 0 Å². The number of rotatable bonds is 5. The maximum absolute atomic E-state index is 13.2. The summed E-state index contributed by atoms with van der Waals surface area (Å²) in [6.07, 6.45) is 1.58. The van der Waals surface area contributed by atoms with Crippen LogP contribution in [-0.2, 0) is 4.76 Å². The van der Waals surface area contributed by atoms with E-state index in [1.54, 1.807) is 13.1 Å². The number of aryl methyl sites for hydroxylation is 1. The van der Waals surface area contributed by atoms with E-state index in [1.165, 1.54) is 0 Å². The van der Waals surface area contributed by atoms with Crippen LogP contribution in [0.2, 0.25) is 5.02 Å². The highest BCUT2D eigenvalue weighted by molar-refractivity contribution is 6.62. The van der Waals surface area contributed by atoms with Crippen LogP contribution < -0.4 is 21.1 Å². The van der Waals surface area contributed by atoms with Gasteiger partial charge in [0.1, 0.15) is 5.58 Å². The molecule has 7 nitrogen and oxygen atoms in total. The Bertz CT molecular complexity index is 1620. The lowest BCUT2D eigenvalue weighted by atomic mass is 9.75. The fourth-order valence-corrected chi connectivity index (χ4v) is 4.95. The second-order valence-electron chi connectivity index (χ2n) is 9.58. The summed E-state index contributed by atoms with van der Waals surface area (Å²) in [5, 5.41) is 18.6. The molecule has 188 valence electrons. The first-order valence-electron chi connectivity index (χ1n) is 12.0. The maximum Gasteiger partial charge on any atom is 0.583 e. The number of halogens is 1. The molecule has 1 aliphatic heterocycles. The Kier molecular flexibility index (Phi) is 6.48. The van der Waals surface area contributed by atoms with Gasteiger partial charge >= 0.3 is 7.12 Å². The number of nitrogens with zero attached hydrogens (tertiary/aromatic N) is 2. The first-order valence-corrected chi connectivity index (χ1v) is 12.3. The summed E-state index contributed by atoms with van der Waals surface area (Å²) in [5.74, 6) is 0.545. The Morgan fingerprint density at radius 1 is 1.11 bits per heavy atom. The molecule has 1 aromatic heterocycles. The number of hydrogen-bond acceptors (Lipinski definition) is 7. The molecule has 0 aliphatic carbocycles. The minimum absolute atomic E-state index is 0.0313. The monoisotopic (exact) mass is 515 g/mol. The van der Waals surface area contributed by atoms with Crippen molar-refractivity contribution in [3.05, 3.63) is 86.0 Å². The van der Waals surface area contributed by atoms with E-state index in [-0.39, 0.29) is 11.5 Å². The molecule has 2 N–H and O–H groups in total. The van der Waals surface area contributed by atoms with E-state index in [0.29, 0.717) is 32.9 Å². The lowest BCUT2D eigenvalue weighted by Crippen LogP contribution is -2.37. The predicted molar refractivity (Wildman–Crippen MR) is 151 cm³/mol. The molecule has 9 heteroatoms. The highest BCUT2D eigenvalue weighted by Crippen LogP contribution is 2.36. The van der Waals surface area contributed by atoms with E-state index in [4.69, 9.17) is 20.8 Å². The van der Waals surface area contributed by atoms with Gasteiger partial charge in [-0.1, -0.05) is 29.8 Å². The van der Waals surface area contributed by atoms with Gasteiger partial charge in [-0.25, -0.2) is 0 Å². The van der Waals surface area contributed by atoms with Gasteiger partial charge in [0, 0.05) is 41.4 Å². The van der Waals surface area contributed by atoms with Gasteiger partial charge in [-0.2, -0.15) is 0 Å². The summed E-state index contributed by atoms with van der Waals surface area (Å²) in [7, 11) is 2.63. The van der Waals surface area contributed by atoms with Crippen molar-refractivity contribution >= 4 is 52.9 Å². The average molecular weight is 516 g/mol. The second-order valence-corrected chi connectivity index (χ2v) is 10.0. The lowest BCUT2D eigenvalue weighted by molar-refractivity contribution is 0.286. The molecule has 3 aromatic carbocycles.